The Morgan fingerprint density at radius 2 is 1.82 bits per heavy atom. The number of hydrogen-bond acceptors (Lipinski definition) is 2. The SMILES string of the molecule is C1CC(NCC2CC2)CCO1. The van der Waals surface area contributed by atoms with E-state index in [0.29, 0.717) is 0 Å². The van der Waals surface area contributed by atoms with Crippen molar-refractivity contribution in [2.45, 2.75) is 31.7 Å². The molecule has 2 rings (SSSR count). The van der Waals surface area contributed by atoms with Gasteiger partial charge < -0.3 is 10.1 Å². The van der Waals surface area contributed by atoms with E-state index in [2.05, 4.69) is 5.32 Å². The lowest BCUT2D eigenvalue weighted by Gasteiger charge is -2.23. The van der Waals surface area contributed by atoms with Crippen LogP contribution in [-0.2, 0) is 4.74 Å². The lowest BCUT2D eigenvalue weighted by Crippen LogP contribution is -2.35. The van der Waals surface area contributed by atoms with Crippen LogP contribution in [0.4, 0.5) is 0 Å². The van der Waals surface area contributed by atoms with Gasteiger partial charge in [0.25, 0.3) is 0 Å². The Bertz CT molecular complexity index is 117. The van der Waals surface area contributed by atoms with Gasteiger partial charge in [0, 0.05) is 19.3 Å². The Balaban J connectivity index is 1.59. The van der Waals surface area contributed by atoms with Crippen LogP contribution in [0.15, 0.2) is 0 Å². The van der Waals surface area contributed by atoms with Crippen LogP contribution >= 0.6 is 0 Å². The van der Waals surface area contributed by atoms with E-state index < -0.39 is 0 Å². The second-order valence-electron chi connectivity index (χ2n) is 3.74. The van der Waals surface area contributed by atoms with Crippen LogP contribution in [0.3, 0.4) is 0 Å². The first kappa shape index (κ1) is 7.56. The predicted molar refractivity (Wildman–Crippen MR) is 44.6 cm³/mol. The summed E-state index contributed by atoms with van der Waals surface area (Å²) < 4.78 is 5.28. The maximum absolute atomic E-state index is 5.28. The van der Waals surface area contributed by atoms with Gasteiger partial charge in [0.2, 0.25) is 0 Å². The summed E-state index contributed by atoms with van der Waals surface area (Å²) in [4.78, 5) is 0. The highest BCUT2D eigenvalue weighted by Gasteiger charge is 2.22. The summed E-state index contributed by atoms with van der Waals surface area (Å²) >= 11 is 0. The minimum Gasteiger partial charge on any atom is -0.381 e. The van der Waals surface area contributed by atoms with Crippen LogP contribution in [0, 0.1) is 5.92 Å². The molecule has 64 valence electrons. The monoisotopic (exact) mass is 155 g/mol. The zero-order valence-electron chi connectivity index (χ0n) is 7.01. The molecule has 1 saturated carbocycles. The van der Waals surface area contributed by atoms with Gasteiger partial charge in [-0.2, -0.15) is 0 Å². The Kier molecular flexibility index (Phi) is 2.44. The van der Waals surface area contributed by atoms with Crippen molar-refractivity contribution in [3.63, 3.8) is 0 Å². The van der Waals surface area contributed by atoms with Crippen LogP contribution in [-0.4, -0.2) is 25.8 Å². The highest BCUT2D eigenvalue weighted by molar-refractivity contribution is 4.78. The molecule has 0 atom stereocenters. The molecule has 1 N–H and O–H groups in total. The molecular formula is C9H17NO. The van der Waals surface area contributed by atoms with Crippen molar-refractivity contribution < 1.29 is 4.74 Å². The summed E-state index contributed by atoms with van der Waals surface area (Å²) in [6, 6.07) is 0.754. The molecule has 0 spiro atoms. The topological polar surface area (TPSA) is 21.3 Å². The first-order valence-corrected chi connectivity index (χ1v) is 4.76. The Morgan fingerprint density at radius 1 is 1.09 bits per heavy atom. The molecule has 2 aliphatic rings. The first-order chi connectivity index (χ1) is 5.45. The average Bonchev–Trinajstić information content (AvgIpc) is 2.86. The van der Waals surface area contributed by atoms with Gasteiger partial charge in [-0.15, -0.1) is 0 Å². The Morgan fingerprint density at radius 3 is 2.45 bits per heavy atom. The minimum atomic E-state index is 0.754. The molecule has 0 aromatic rings. The molecule has 0 radical (unpaired) electrons. The van der Waals surface area contributed by atoms with Gasteiger partial charge in [0.1, 0.15) is 0 Å². The van der Waals surface area contributed by atoms with Gasteiger partial charge in [-0.3, -0.25) is 0 Å². The minimum absolute atomic E-state index is 0.754. The molecule has 2 nitrogen and oxygen atoms in total. The van der Waals surface area contributed by atoms with E-state index in [9.17, 15) is 0 Å². The van der Waals surface area contributed by atoms with Crippen LogP contribution in [0.5, 0.6) is 0 Å². The van der Waals surface area contributed by atoms with Gasteiger partial charge in [-0.1, -0.05) is 0 Å². The third-order valence-electron chi connectivity index (χ3n) is 2.61. The lowest BCUT2D eigenvalue weighted by molar-refractivity contribution is 0.0778. The van der Waals surface area contributed by atoms with Crippen molar-refractivity contribution in [2.24, 2.45) is 5.92 Å². The standard InChI is InChI=1S/C9H17NO/c1-2-8(1)7-10-9-3-5-11-6-4-9/h8-10H,1-7H2. The third kappa shape index (κ3) is 2.46. The lowest BCUT2D eigenvalue weighted by atomic mass is 10.1. The van der Waals surface area contributed by atoms with Crippen molar-refractivity contribution in [1.29, 1.82) is 0 Å². The molecule has 2 fully saturated rings. The highest BCUT2D eigenvalue weighted by Crippen LogP contribution is 2.28. The van der Waals surface area contributed by atoms with Gasteiger partial charge in [-0.25, -0.2) is 0 Å². The normalized spacial score (nSPS) is 27.3. The van der Waals surface area contributed by atoms with E-state index in [4.69, 9.17) is 4.74 Å². The highest BCUT2D eigenvalue weighted by atomic mass is 16.5. The third-order valence-corrected chi connectivity index (χ3v) is 2.61. The predicted octanol–water partition coefficient (Wildman–Crippen LogP) is 1.16. The van der Waals surface area contributed by atoms with Gasteiger partial charge in [0.05, 0.1) is 0 Å². The summed E-state index contributed by atoms with van der Waals surface area (Å²) in [6.07, 6.45) is 5.34. The Hall–Kier alpha value is -0.0800. The summed E-state index contributed by atoms with van der Waals surface area (Å²) in [7, 11) is 0. The fraction of sp³-hybridized carbons (Fsp3) is 1.00. The van der Waals surface area contributed by atoms with Crippen molar-refractivity contribution in [2.75, 3.05) is 19.8 Å². The number of ether oxygens (including phenoxy) is 1. The second-order valence-corrected chi connectivity index (χ2v) is 3.74. The zero-order valence-corrected chi connectivity index (χ0v) is 7.01. The molecule has 11 heavy (non-hydrogen) atoms. The average molecular weight is 155 g/mol. The summed E-state index contributed by atoms with van der Waals surface area (Å²) in [5, 5.41) is 3.60. The number of nitrogens with one attached hydrogen (secondary N) is 1. The van der Waals surface area contributed by atoms with E-state index >= 15 is 0 Å². The molecule has 1 heterocycles. The molecule has 0 unspecified atom stereocenters. The van der Waals surface area contributed by atoms with Gasteiger partial charge >= 0.3 is 0 Å². The van der Waals surface area contributed by atoms with Crippen molar-refractivity contribution in [3.05, 3.63) is 0 Å². The van der Waals surface area contributed by atoms with E-state index in [0.717, 1.165) is 25.2 Å². The second kappa shape index (κ2) is 3.55. The maximum atomic E-state index is 5.28. The van der Waals surface area contributed by atoms with Crippen molar-refractivity contribution in [3.8, 4) is 0 Å². The van der Waals surface area contributed by atoms with Crippen molar-refractivity contribution >= 4 is 0 Å². The first-order valence-electron chi connectivity index (χ1n) is 4.76. The van der Waals surface area contributed by atoms with E-state index in [1.807, 2.05) is 0 Å². The Labute approximate surface area is 68.3 Å². The van der Waals surface area contributed by atoms with Crippen LogP contribution < -0.4 is 5.32 Å². The summed E-state index contributed by atoms with van der Waals surface area (Å²) in [5.41, 5.74) is 0. The molecule has 0 aromatic heterocycles. The fourth-order valence-electron chi connectivity index (χ4n) is 1.56. The molecule has 1 saturated heterocycles. The largest absolute Gasteiger partial charge is 0.381 e. The summed E-state index contributed by atoms with van der Waals surface area (Å²) in [5.74, 6) is 1.01. The van der Waals surface area contributed by atoms with Gasteiger partial charge in [-0.05, 0) is 38.1 Å². The van der Waals surface area contributed by atoms with Crippen molar-refractivity contribution in [1.82, 2.24) is 5.32 Å². The van der Waals surface area contributed by atoms with E-state index in [1.54, 1.807) is 0 Å². The smallest absolute Gasteiger partial charge is 0.0480 e. The zero-order chi connectivity index (χ0) is 7.52. The molecule has 1 aliphatic heterocycles. The molecule has 1 aliphatic carbocycles. The molecular weight excluding hydrogens is 138 g/mol. The number of hydrogen-bond donors (Lipinski definition) is 1. The molecule has 0 aromatic carbocycles. The van der Waals surface area contributed by atoms with Crippen LogP contribution in [0.2, 0.25) is 0 Å². The van der Waals surface area contributed by atoms with Crippen LogP contribution in [0.25, 0.3) is 0 Å². The molecule has 2 heteroatoms. The van der Waals surface area contributed by atoms with Gasteiger partial charge in [0.15, 0.2) is 0 Å². The maximum Gasteiger partial charge on any atom is 0.0480 e. The number of rotatable bonds is 3. The molecule has 0 bridgehead atoms. The quantitative estimate of drug-likeness (QED) is 0.660. The summed E-state index contributed by atoms with van der Waals surface area (Å²) in [6.45, 7) is 3.18. The van der Waals surface area contributed by atoms with E-state index in [-0.39, 0.29) is 0 Å². The molecule has 0 amide bonds. The van der Waals surface area contributed by atoms with E-state index in [1.165, 1.54) is 32.2 Å². The van der Waals surface area contributed by atoms with Crippen LogP contribution in [0.1, 0.15) is 25.7 Å². The fourth-order valence-corrected chi connectivity index (χ4v) is 1.56.